The SMILES string of the molecule is NCc1ccccc1-c1nc(-c2cccc([N+](=O)[O-])c2)cs1. The normalized spacial score (nSPS) is 10.6. The van der Waals surface area contributed by atoms with Gasteiger partial charge in [-0.15, -0.1) is 11.3 Å². The highest BCUT2D eigenvalue weighted by molar-refractivity contribution is 7.13. The maximum atomic E-state index is 10.9. The van der Waals surface area contributed by atoms with Crippen LogP contribution in [0.3, 0.4) is 0 Å². The van der Waals surface area contributed by atoms with Crippen LogP contribution in [0.15, 0.2) is 53.9 Å². The van der Waals surface area contributed by atoms with Crippen molar-refractivity contribution in [3.63, 3.8) is 0 Å². The molecule has 6 heteroatoms. The number of nitro benzene ring substituents is 1. The molecule has 0 aliphatic carbocycles. The van der Waals surface area contributed by atoms with E-state index >= 15 is 0 Å². The van der Waals surface area contributed by atoms with Crippen LogP contribution >= 0.6 is 11.3 Å². The maximum absolute atomic E-state index is 10.9. The monoisotopic (exact) mass is 311 g/mol. The second-order valence-corrected chi connectivity index (χ2v) is 5.56. The zero-order chi connectivity index (χ0) is 15.5. The van der Waals surface area contributed by atoms with Gasteiger partial charge in [-0.3, -0.25) is 10.1 Å². The van der Waals surface area contributed by atoms with E-state index in [9.17, 15) is 10.1 Å². The van der Waals surface area contributed by atoms with Gasteiger partial charge in [-0.05, 0) is 5.56 Å². The summed E-state index contributed by atoms with van der Waals surface area (Å²) in [6, 6.07) is 14.3. The van der Waals surface area contributed by atoms with Crippen LogP contribution in [0.5, 0.6) is 0 Å². The lowest BCUT2D eigenvalue weighted by atomic mass is 10.1. The van der Waals surface area contributed by atoms with Gasteiger partial charge in [0.15, 0.2) is 0 Å². The Bertz CT molecular complexity index is 830. The summed E-state index contributed by atoms with van der Waals surface area (Å²) in [7, 11) is 0. The fourth-order valence-corrected chi connectivity index (χ4v) is 3.10. The Hall–Kier alpha value is -2.57. The van der Waals surface area contributed by atoms with Gasteiger partial charge in [0, 0.05) is 35.2 Å². The number of aromatic nitrogens is 1. The zero-order valence-corrected chi connectivity index (χ0v) is 12.4. The second-order valence-electron chi connectivity index (χ2n) is 4.71. The van der Waals surface area contributed by atoms with Crippen molar-refractivity contribution in [2.45, 2.75) is 6.54 Å². The number of nitrogens with two attached hydrogens (primary N) is 1. The molecule has 0 fully saturated rings. The molecule has 0 spiro atoms. The van der Waals surface area contributed by atoms with Gasteiger partial charge in [-0.2, -0.15) is 0 Å². The minimum absolute atomic E-state index is 0.0643. The Morgan fingerprint density at radius 3 is 2.77 bits per heavy atom. The summed E-state index contributed by atoms with van der Waals surface area (Å²) >= 11 is 1.50. The molecule has 0 amide bonds. The molecule has 2 N–H and O–H groups in total. The molecule has 0 aliphatic heterocycles. The Balaban J connectivity index is 2.01. The first-order valence-electron chi connectivity index (χ1n) is 6.67. The van der Waals surface area contributed by atoms with E-state index in [-0.39, 0.29) is 5.69 Å². The quantitative estimate of drug-likeness (QED) is 0.586. The summed E-state index contributed by atoms with van der Waals surface area (Å²) in [5.41, 5.74) is 9.33. The number of rotatable bonds is 4. The molecule has 22 heavy (non-hydrogen) atoms. The summed E-state index contributed by atoms with van der Waals surface area (Å²) in [5.74, 6) is 0. The first kappa shape index (κ1) is 14.4. The van der Waals surface area contributed by atoms with Crippen LogP contribution in [0, 0.1) is 10.1 Å². The van der Waals surface area contributed by atoms with Crippen molar-refractivity contribution in [3.05, 3.63) is 69.6 Å². The van der Waals surface area contributed by atoms with E-state index in [1.165, 1.54) is 23.5 Å². The fourth-order valence-electron chi connectivity index (χ4n) is 2.22. The smallest absolute Gasteiger partial charge is 0.270 e. The topological polar surface area (TPSA) is 82.0 Å². The van der Waals surface area contributed by atoms with Crippen LogP contribution in [0.25, 0.3) is 21.8 Å². The van der Waals surface area contributed by atoms with Crippen LogP contribution in [-0.4, -0.2) is 9.91 Å². The fraction of sp³-hybridized carbons (Fsp3) is 0.0625. The van der Waals surface area contributed by atoms with E-state index in [0.29, 0.717) is 6.54 Å². The summed E-state index contributed by atoms with van der Waals surface area (Å²) in [5, 5.41) is 13.6. The third-order valence-corrected chi connectivity index (χ3v) is 4.20. The van der Waals surface area contributed by atoms with Crippen LogP contribution in [0.4, 0.5) is 5.69 Å². The number of non-ortho nitro benzene ring substituents is 1. The molecular weight excluding hydrogens is 298 g/mol. The lowest BCUT2D eigenvalue weighted by Gasteiger charge is -2.03. The Kier molecular flexibility index (Phi) is 3.95. The molecule has 110 valence electrons. The third kappa shape index (κ3) is 2.74. The molecule has 0 atom stereocenters. The Morgan fingerprint density at radius 2 is 2.00 bits per heavy atom. The van der Waals surface area contributed by atoms with E-state index in [2.05, 4.69) is 4.98 Å². The van der Waals surface area contributed by atoms with Gasteiger partial charge in [-0.1, -0.05) is 36.4 Å². The van der Waals surface area contributed by atoms with E-state index in [4.69, 9.17) is 5.73 Å². The highest BCUT2D eigenvalue weighted by Crippen LogP contribution is 2.31. The predicted octanol–water partition coefficient (Wildman–Crippen LogP) is 3.84. The largest absolute Gasteiger partial charge is 0.326 e. The zero-order valence-electron chi connectivity index (χ0n) is 11.6. The van der Waals surface area contributed by atoms with Crippen LogP contribution in [-0.2, 0) is 6.54 Å². The Labute approximate surface area is 131 Å². The molecule has 0 aliphatic rings. The Morgan fingerprint density at radius 1 is 1.18 bits per heavy atom. The lowest BCUT2D eigenvalue weighted by Crippen LogP contribution is -1.98. The minimum atomic E-state index is -0.402. The van der Waals surface area contributed by atoms with Crippen LogP contribution < -0.4 is 5.73 Å². The third-order valence-electron chi connectivity index (χ3n) is 3.32. The van der Waals surface area contributed by atoms with Crippen LogP contribution in [0.2, 0.25) is 0 Å². The van der Waals surface area contributed by atoms with E-state index in [1.54, 1.807) is 6.07 Å². The minimum Gasteiger partial charge on any atom is -0.326 e. The molecule has 2 aromatic carbocycles. The molecule has 0 saturated carbocycles. The van der Waals surface area contributed by atoms with Crippen molar-refractivity contribution in [2.75, 3.05) is 0 Å². The van der Waals surface area contributed by atoms with Crippen molar-refractivity contribution in [3.8, 4) is 21.8 Å². The number of benzene rings is 2. The molecule has 0 saturated heterocycles. The van der Waals surface area contributed by atoms with Gasteiger partial charge in [-0.25, -0.2) is 4.98 Å². The molecular formula is C16H13N3O2S. The summed E-state index contributed by atoms with van der Waals surface area (Å²) < 4.78 is 0. The van der Waals surface area contributed by atoms with E-state index in [0.717, 1.165) is 27.4 Å². The van der Waals surface area contributed by atoms with Gasteiger partial charge in [0.05, 0.1) is 10.6 Å². The standard InChI is InChI=1S/C16H13N3O2S/c17-9-12-4-1-2-7-14(12)16-18-15(10-22-16)11-5-3-6-13(8-11)19(20)21/h1-8,10H,9,17H2. The number of hydrogen-bond donors (Lipinski definition) is 1. The number of nitrogens with zero attached hydrogens (tertiary/aromatic N) is 2. The van der Waals surface area contributed by atoms with Crippen LogP contribution in [0.1, 0.15) is 5.56 Å². The van der Waals surface area contributed by atoms with Crippen molar-refractivity contribution in [1.82, 2.24) is 4.98 Å². The van der Waals surface area contributed by atoms with Gasteiger partial charge in [0.2, 0.25) is 0 Å². The van der Waals surface area contributed by atoms with Crippen molar-refractivity contribution >= 4 is 17.0 Å². The summed E-state index contributed by atoms with van der Waals surface area (Å²) in [6.45, 7) is 0.446. The lowest BCUT2D eigenvalue weighted by molar-refractivity contribution is -0.384. The van der Waals surface area contributed by atoms with Gasteiger partial charge >= 0.3 is 0 Å². The number of thiazole rings is 1. The van der Waals surface area contributed by atoms with Crippen molar-refractivity contribution < 1.29 is 4.92 Å². The molecule has 0 radical (unpaired) electrons. The first-order chi connectivity index (χ1) is 10.7. The van der Waals surface area contributed by atoms with Gasteiger partial charge < -0.3 is 5.73 Å². The average molecular weight is 311 g/mol. The molecule has 3 rings (SSSR count). The molecule has 0 bridgehead atoms. The van der Waals surface area contributed by atoms with Gasteiger partial charge in [0.25, 0.3) is 5.69 Å². The molecule has 1 aromatic heterocycles. The highest BCUT2D eigenvalue weighted by Gasteiger charge is 2.12. The van der Waals surface area contributed by atoms with E-state index in [1.807, 2.05) is 35.7 Å². The van der Waals surface area contributed by atoms with Gasteiger partial charge in [0.1, 0.15) is 5.01 Å². The molecule has 5 nitrogen and oxygen atoms in total. The molecule has 0 unspecified atom stereocenters. The predicted molar refractivity (Wildman–Crippen MR) is 87.5 cm³/mol. The van der Waals surface area contributed by atoms with E-state index < -0.39 is 4.92 Å². The second kappa shape index (κ2) is 6.05. The molecule has 3 aromatic rings. The first-order valence-corrected chi connectivity index (χ1v) is 7.55. The maximum Gasteiger partial charge on any atom is 0.270 e. The number of hydrogen-bond acceptors (Lipinski definition) is 5. The average Bonchev–Trinajstić information content (AvgIpc) is 3.04. The number of nitro groups is 1. The summed E-state index contributed by atoms with van der Waals surface area (Å²) in [4.78, 5) is 15.1. The van der Waals surface area contributed by atoms with Crippen molar-refractivity contribution in [1.29, 1.82) is 0 Å². The van der Waals surface area contributed by atoms with Crippen molar-refractivity contribution in [2.24, 2.45) is 5.73 Å². The summed E-state index contributed by atoms with van der Waals surface area (Å²) in [6.07, 6.45) is 0. The molecule has 1 heterocycles. The highest BCUT2D eigenvalue weighted by atomic mass is 32.1.